The van der Waals surface area contributed by atoms with Crippen molar-refractivity contribution in [3.05, 3.63) is 71.5 Å². The average Bonchev–Trinajstić information content (AvgIpc) is 3.05. The van der Waals surface area contributed by atoms with Crippen LogP contribution in [0.15, 0.2) is 54.6 Å². The van der Waals surface area contributed by atoms with E-state index in [-0.39, 0.29) is 30.0 Å². The highest BCUT2D eigenvalue weighted by Gasteiger charge is 2.33. The second kappa shape index (κ2) is 9.31. The molecule has 1 heterocycles. The Kier molecular flexibility index (Phi) is 6.58. The molecule has 4 nitrogen and oxygen atoms in total. The molecule has 3 rings (SSSR count). The summed E-state index contributed by atoms with van der Waals surface area (Å²) in [4.78, 5) is 26.3. The van der Waals surface area contributed by atoms with Crippen LogP contribution in [0.1, 0.15) is 24.0 Å². The van der Waals surface area contributed by atoms with Crippen LogP contribution in [-0.4, -0.2) is 36.3 Å². The number of carbonyl (C=O) groups excluding carboxylic acids is 2. The van der Waals surface area contributed by atoms with Gasteiger partial charge < -0.3 is 10.2 Å². The number of aryl methyl sites for hydroxylation is 1. The smallest absolute Gasteiger partial charge is 0.225 e. The zero-order chi connectivity index (χ0) is 19.1. The molecule has 0 spiro atoms. The number of carbonyl (C=O) groups is 2. The summed E-state index contributed by atoms with van der Waals surface area (Å²) in [6.07, 6.45) is 2.51. The first-order valence-electron chi connectivity index (χ1n) is 9.46. The van der Waals surface area contributed by atoms with Gasteiger partial charge in [0.05, 0.1) is 5.92 Å². The van der Waals surface area contributed by atoms with E-state index >= 15 is 0 Å². The third kappa shape index (κ3) is 5.39. The fourth-order valence-electron chi connectivity index (χ4n) is 3.45. The Hall–Kier alpha value is -2.69. The SMILES string of the molecule is O=C(NCCc1ccccc1F)C1CC(=O)N(CCCc2ccccc2)C1. The van der Waals surface area contributed by atoms with Gasteiger partial charge in [-0.1, -0.05) is 48.5 Å². The van der Waals surface area contributed by atoms with Crippen molar-refractivity contribution >= 4 is 11.8 Å². The van der Waals surface area contributed by atoms with Crippen LogP contribution in [-0.2, 0) is 22.4 Å². The van der Waals surface area contributed by atoms with Crippen LogP contribution in [0.4, 0.5) is 4.39 Å². The second-order valence-electron chi connectivity index (χ2n) is 6.96. The molecule has 142 valence electrons. The summed E-state index contributed by atoms with van der Waals surface area (Å²) in [6.45, 7) is 1.52. The first kappa shape index (κ1) is 19.1. The average molecular weight is 368 g/mol. The number of nitrogens with one attached hydrogen (secondary N) is 1. The molecule has 1 unspecified atom stereocenters. The number of hydrogen-bond acceptors (Lipinski definition) is 2. The number of halogens is 1. The minimum atomic E-state index is -0.310. The number of rotatable bonds is 8. The lowest BCUT2D eigenvalue weighted by Gasteiger charge is -2.16. The number of nitrogens with zero attached hydrogens (tertiary/aromatic N) is 1. The molecule has 1 N–H and O–H groups in total. The molecule has 5 heteroatoms. The molecule has 1 saturated heterocycles. The van der Waals surface area contributed by atoms with Gasteiger partial charge in [0.25, 0.3) is 0 Å². The molecule has 0 bridgehead atoms. The van der Waals surface area contributed by atoms with Crippen molar-refractivity contribution < 1.29 is 14.0 Å². The molecule has 0 aliphatic carbocycles. The van der Waals surface area contributed by atoms with E-state index in [9.17, 15) is 14.0 Å². The molecule has 2 aromatic rings. The topological polar surface area (TPSA) is 49.4 Å². The molecule has 27 heavy (non-hydrogen) atoms. The number of amides is 2. The lowest BCUT2D eigenvalue weighted by Crippen LogP contribution is -2.34. The van der Waals surface area contributed by atoms with Crippen LogP contribution in [0.2, 0.25) is 0 Å². The molecule has 1 aliphatic rings. The quantitative estimate of drug-likeness (QED) is 0.779. The maximum absolute atomic E-state index is 13.6. The summed E-state index contributed by atoms with van der Waals surface area (Å²) in [5.74, 6) is -0.648. The van der Waals surface area contributed by atoms with Crippen LogP contribution < -0.4 is 5.32 Å². The summed E-state index contributed by atoms with van der Waals surface area (Å²) in [5.41, 5.74) is 1.84. The summed E-state index contributed by atoms with van der Waals surface area (Å²) in [7, 11) is 0. The first-order valence-corrected chi connectivity index (χ1v) is 9.46. The van der Waals surface area contributed by atoms with E-state index in [1.807, 2.05) is 18.2 Å². The van der Waals surface area contributed by atoms with Gasteiger partial charge in [-0.2, -0.15) is 0 Å². The lowest BCUT2D eigenvalue weighted by atomic mass is 10.1. The Labute approximate surface area is 159 Å². The Balaban J connectivity index is 1.40. The van der Waals surface area contributed by atoms with Gasteiger partial charge in [-0.05, 0) is 36.5 Å². The molecule has 1 atom stereocenters. The van der Waals surface area contributed by atoms with E-state index in [2.05, 4.69) is 17.4 Å². The van der Waals surface area contributed by atoms with Crippen molar-refractivity contribution in [1.82, 2.24) is 10.2 Å². The zero-order valence-corrected chi connectivity index (χ0v) is 15.4. The number of benzene rings is 2. The van der Waals surface area contributed by atoms with Crippen molar-refractivity contribution in [2.75, 3.05) is 19.6 Å². The summed E-state index contributed by atoms with van der Waals surface area (Å²) in [6, 6.07) is 16.7. The highest BCUT2D eigenvalue weighted by molar-refractivity contribution is 5.89. The van der Waals surface area contributed by atoms with Crippen molar-refractivity contribution in [1.29, 1.82) is 0 Å². The highest BCUT2D eigenvalue weighted by Crippen LogP contribution is 2.19. The lowest BCUT2D eigenvalue weighted by molar-refractivity contribution is -0.129. The second-order valence-corrected chi connectivity index (χ2v) is 6.96. The largest absolute Gasteiger partial charge is 0.355 e. The third-order valence-electron chi connectivity index (χ3n) is 4.97. The Morgan fingerprint density at radius 1 is 1.07 bits per heavy atom. The Bertz CT molecular complexity index is 779. The standard InChI is InChI=1S/C22H25FN2O2/c23-20-11-5-4-10-18(20)12-13-24-22(27)19-15-21(26)25(16-19)14-6-9-17-7-2-1-3-8-17/h1-5,7-8,10-11,19H,6,9,12-16H2,(H,24,27). The van der Waals surface area contributed by atoms with E-state index in [1.165, 1.54) is 11.6 Å². The van der Waals surface area contributed by atoms with Gasteiger partial charge in [0.1, 0.15) is 5.82 Å². The van der Waals surface area contributed by atoms with Crippen molar-refractivity contribution in [3.8, 4) is 0 Å². The van der Waals surface area contributed by atoms with Gasteiger partial charge in [0.15, 0.2) is 0 Å². The van der Waals surface area contributed by atoms with Crippen molar-refractivity contribution in [3.63, 3.8) is 0 Å². The normalized spacial score (nSPS) is 16.6. The molecule has 1 aliphatic heterocycles. The fraction of sp³-hybridized carbons (Fsp3) is 0.364. The van der Waals surface area contributed by atoms with Gasteiger partial charge in [0.2, 0.25) is 11.8 Å². The number of hydrogen-bond donors (Lipinski definition) is 1. The maximum Gasteiger partial charge on any atom is 0.225 e. The van der Waals surface area contributed by atoms with Crippen LogP contribution >= 0.6 is 0 Å². The molecule has 0 radical (unpaired) electrons. The summed E-state index contributed by atoms with van der Waals surface area (Å²) >= 11 is 0. The summed E-state index contributed by atoms with van der Waals surface area (Å²) in [5, 5.41) is 2.84. The van der Waals surface area contributed by atoms with Gasteiger partial charge in [-0.25, -0.2) is 4.39 Å². The van der Waals surface area contributed by atoms with E-state index in [1.54, 1.807) is 23.1 Å². The van der Waals surface area contributed by atoms with E-state index < -0.39 is 0 Å². The molecule has 2 aromatic carbocycles. The van der Waals surface area contributed by atoms with Crippen LogP contribution in [0.5, 0.6) is 0 Å². The molecular weight excluding hydrogens is 343 g/mol. The monoisotopic (exact) mass is 368 g/mol. The van der Waals surface area contributed by atoms with E-state index in [0.717, 1.165) is 12.8 Å². The van der Waals surface area contributed by atoms with Crippen molar-refractivity contribution in [2.45, 2.75) is 25.7 Å². The minimum Gasteiger partial charge on any atom is -0.355 e. The first-order chi connectivity index (χ1) is 13.1. The minimum absolute atomic E-state index is 0.0392. The van der Waals surface area contributed by atoms with Gasteiger partial charge in [-0.3, -0.25) is 9.59 Å². The fourth-order valence-corrected chi connectivity index (χ4v) is 3.45. The Morgan fingerprint density at radius 3 is 2.59 bits per heavy atom. The molecule has 0 saturated carbocycles. The molecule has 2 amide bonds. The Morgan fingerprint density at radius 2 is 1.81 bits per heavy atom. The highest BCUT2D eigenvalue weighted by atomic mass is 19.1. The molecule has 1 fully saturated rings. The molecular formula is C22H25FN2O2. The van der Waals surface area contributed by atoms with Gasteiger partial charge in [-0.15, -0.1) is 0 Å². The maximum atomic E-state index is 13.6. The predicted octanol–water partition coefficient (Wildman–Crippen LogP) is 2.97. The van der Waals surface area contributed by atoms with Gasteiger partial charge >= 0.3 is 0 Å². The van der Waals surface area contributed by atoms with Crippen LogP contribution in [0.25, 0.3) is 0 Å². The van der Waals surface area contributed by atoms with E-state index in [0.29, 0.717) is 31.6 Å². The van der Waals surface area contributed by atoms with Crippen molar-refractivity contribution in [2.24, 2.45) is 5.92 Å². The van der Waals surface area contributed by atoms with Crippen LogP contribution in [0.3, 0.4) is 0 Å². The van der Waals surface area contributed by atoms with Gasteiger partial charge in [0, 0.05) is 26.1 Å². The molecule has 0 aromatic heterocycles. The number of likely N-dealkylation sites (tertiary alicyclic amines) is 1. The van der Waals surface area contributed by atoms with E-state index in [4.69, 9.17) is 0 Å². The zero-order valence-electron chi connectivity index (χ0n) is 15.4. The predicted molar refractivity (Wildman–Crippen MR) is 103 cm³/mol. The third-order valence-corrected chi connectivity index (χ3v) is 4.97. The summed E-state index contributed by atoms with van der Waals surface area (Å²) < 4.78 is 13.6. The van der Waals surface area contributed by atoms with Crippen LogP contribution in [0, 0.1) is 11.7 Å².